The van der Waals surface area contributed by atoms with Crippen molar-refractivity contribution >= 4 is 5.91 Å². The molecule has 0 unspecified atom stereocenters. The number of carbonyl (C=O) groups is 1. The largest absolute Gasteiger partial charge is 0.493 e. The van der Waals surface area contributed by atoms with Gasteiger partial charge < -0.3 is 9.64 Å². The zero-order valence-electron chi connectivity index (χ0n) is 11.9. The van der Waals surface area contributed by atoms with Crippen LogP contribution in [0.2, 0.25) is 0 Å². The molecule has 1 heterocycles. The highest BCUT2D eigenvalue weighted by molar-refractivity contribution is 5.96. The molecule has 2 aromatic rings. The van der Waals surface area contributed by atoms with Gasteiger partial charge >= 0.3 is 0 Å². The van der Waals surface area contributed by atoms with Crippen LogP contribution in [0.3, 0.4) is 0 Å². The van der Waals surface area contributed by atoms with Gasteiger partial charge in [-0.05, 0) is 19.1 Å². The monoisotopic (exact) mass is 274 g/mol. The molecule has 6 heteroatoms. The summed E-state index contributed by atoms with van der Waals surface area (Å²) in [5, 5.41) is 3.99. The number of benzene rings is 1. The van der Waals surface area contributed by atoms with Crippen molar-refractivity contribution in [2.24, 2.45) is 7.05 Å². The van der Waals surface area contributed by atoms with E-state index in [0.717, 1.165) is 5.82 Å². The second kappa shape index (κ2) is 6.18. The molecular formula is C14H18N4O2. The Bertz CT molecular complexity index is 594. The number of amides is 1. The number of aromatic nitrogens is 3. The summed E-state index contributed by atoms with van der Waals surface area (Å²) < 4.78 is 7.14. The van der Waals surface area contributed by atoms with E-state index in [0.29, 0.717) is 24.5 Å². The van der Waals surface area contributed by atoms with E-state index in [1.165, 1.54) is 6.33 Å². The van der Waals surface area contributed by atoms with E-state index in [-0.39, 0.29) is 5.91 Å². The van der Waals surface area contributed by atoms with Gasteiger partial charge in [0.25, 0.3) is 5.91 Å². The van der Waals surface area contributed by atoms with E-state index in [9.17, 15) is 4.79 Å². The topological polar surface area (TPSA) is 60.2 Å². The van der Waals surface area contributed by atoms with Crippen LogP contribution in [0.15, 0.2) is 30.6 Å². The molecule has 106 valence electrons. The summed E-state index contributed by atoms with van der Waals surface area (Å²) in [4.78, 5) is 18.2. The number of carbonyl (C=O) groups excluding carboxylic acids is 1. The van der Waals surface area contributed by atoms with Gasteiger partial charge in [0.1, 0.15) is 17.9 Å². The number of hydrogen-bond acceptors (Lipinski definition) is 4. The number of hydrogen-bond donors (Lipinski definition) is 0. The average molecular weight is 274 g/mol. The third-order valence-corrected chi connectivity index (χ3v) is 2.95. The smallest absolute Gasteiger partial charge is 0.257 e. The summed E-state index contributed by atoms with van der Waals surface area (Å²) in [7, 11) is 3.54. The predicted octanol–water partition coefficient (Wildman–Crippen LogP) is 1.49. The Balaban J connectivity index is 2.16. The van der Waals surface area contributed by atoms with Crippen molar-refractivity contribution in [3.05, 3.63) is 42.0 Å². The van der Waals surface area contributed by atoms with Crippen LogP contribution in [0, 0.1) is 0 Å². The van der Waals surface area contributed by atoms with Crippen LogP contribution >= 0.6 is 0 Å². The van der Waals surface area contributed by atoms with Crippen LogP contribution in [0.25, 0.3) is 0 Å². The second-order valence-corrected chi connectivity index (χ2v) is 4.39. The highest BCUT2D eigenvalue weighted by Crippen LogP contribution is 2.20. The summed E-state index contributed by atoms with van der Waals surface area (Å²) in [5.74, 6) is 1.23. The molecule has 0 radical (unpaired) electrons. The fraction of sp³-hybridized carbons (Fsp3) is 0.357. The molecule has 6 nitrogen and oxygen atoms in total. The molecule has 20 heavy (non-hydrogen) atoms. The lowest BCUT2D eigenvalue weighted by molar-refractivity contribution is 0.0776. The Morgan fingerprint density at radius 1 is 1.40 bits per heavy atom. The molecule has 0 aliphatic heterocycles. The van der Waals surface area contributed by atoms with E-state index in [1.54, 1.807) is 35.8 Å². The minimum absolute atomic E-state index is 0.1000. The maximum absolute atomic E-state index is 12.5. The zero-order chi connectivity index (χ0) is 14.5. The van der Waals surface area contributed by atoms with E-state index < -0.39 is 0 Å². The van der Waals surface area contributed by atoms with E-state index in [2.05, 4.69) is 10.1 Å². The van der Waals surface area contributed by atoms with Gasteiger partial charge in [0, 0.05) is 14.1 Å². The van der Waals surface area contributed by atoms with Crippen LogP contribution in [0.4, 0.5) is 0 Å². The molecule has 0 saturated heterocycles. The van der Waals surface area contributed by atoms with E-state index >= 15 is 0 Å². The fourth-order valence-electron chi connectivity index (χ4n) is 1.88. The molecule has 0 saturated carbocycles. The fourth-order valence-corrected chi connectivity index (χ4v) is 1.88. The lowest BCUT2D eigenvalue weighted by Gasteiger charge is -2.18. The molecule has 0 bridgehead atoms. The van der Waals surface area contributed by atoms with Gasteiger partial charge in [-0.15, -0.1) is 0 Å². The normalized spacial score (nSPS) is 10.3. The van der Waals surface area contributed by atoms with Gasteiger partial charge in [-0.3, -0.25) is 9.48 Å². The van der Waals surface area contributed by atoms with Gasteiger partial charge in [0.2, 0.25) is 0 Å². The van der Waals surface area contributed by atoms with Crippen LogP contribution in [-0.2, 0) is 13.6 Å². The molecular weight excluding hydrogens is 256 g/mol. The quantitative estimate of drug-likeness (QED) is 0.828. The third-order valence-electron chi connectivity index (χ3n) is 2.95. The van der Waals surface area contributed by atoms with Crippen LogP contribution in [0.5, 0.6) is 5.75 Å². The van der Waals surface area contributed by atoms with Gasteiger partial charge in [-0.2, -0.15) is 5.10 Å². The Morgan fingerprint density at radius 3 is 2.80 bits per heavy atom. The van der Waals surface area contributed by atoms with Crippen molar-refractivity contribution in [3.63, 3.8) is 0 Å². The lowest BCUT2D eigenvalue weighted by Crippen LogP contribution is -2.28. The molecule has 1 aromatic carbocycles. The lowest BCUT2D eigenvalue weighted by atomic mass is 10.1. The summed E-state index contributed by atoms with van der Waals surface area (Å²) in [5.41, 5.74) is 0.555. The van der Waals surface area contributed by atoms with Crippen molar-refractivity contribution in [2.45, 2.75) is 13.5 Å². The maximum Gasteiger partial charge on any atom is 0.257 e. The van der Waals surface area contributed by atoms with Crippen LogP contribution < -0.4 is 4.74 Å². The number of rotatable bonds is 5. The SMILES string of the molecule is CCOc1ccccc1C(=O)N(C)Cc1ncnn1C. The van der Waals surface area contributed by atoms with Crippen molar-refractivity contribution in [1.82, 2.24) is 19.7 Å². The van der Waals surface area contributed by atoms with E-state index in [1.807, 2.05) is 19.1 Å². The minimum Gasteiger partial charge on any atom is -0.493 e. The minimum atomic E-state index is -0.1000. The number of aryl methyl sites for hydroxylation is 1. The molecule has 0 spiro atoms. The van der Waals surface area contributed by atoms with Crippen LogP contribution in [0.1, 0.15) is 23.1 Å². The number of ether oxygens (including phenoxy) is 1. The first-order valence-electron chi connectivity index (χ1n) is 6.43. The van der Waals surface area contributed by atoms with E-state index in [4.69, 9.17) is 4.74 Å². The highest BCUT2D eigenvalue weighted by atomic mass is 16.5. The average Bonchev–Trinajstić information content (AvgIpc) is 2.84. The van der Waals surface area contributed by atoms with Gasteiger partial charge in [0.05, 0.1) is 18.7 Å². The van der Waals surface area contributed by atoms with Crippen molar-refractivity contribution < 1.29 is 9.53 Å². The third kappa shape index (κ3) is 2.96. The summed E-state index contributed by atoms with van der Waals surface area (Å²) >= 11 is 0. The molecule has 1 amide bonds. The first-order chi connectivity index (χ1) is 9.63. The summed E-state index contributed by atoms with van der Waals surface area (Å²) in [6, 6.07) is 7.24. The second-order valence-electron chi connectivity index (χ2n) is 4.39. The van der Waals surface area contributed by atoms with Crippen molar-refractivity contribution in [1.29, 1.82) is 0 Å². The number of nitrogens with zero attached hydrogens (tertiary/aromatic N) is 4. The highest BCUT2D eigenvalue weighted by Gasteiger charge is 2.17. The Kier molecular flexibility index (Phi) is 4.34. The Hall–Kier alpha value is -2.37. The standard InChI is InChI=1S/C14H18N4O2/c1-4-20-12-8-6-5-7-11(12)14(19)17(2)9-13-15-10-16-18(13)3/h5-8,10H,4,9H2,1-3H3. The Morgan fingerprint density at radius 2 is 2.15 bits per heavy atom. The number of para-hydroxylation sites is 1. The van der Waals surface area contributed by atoms with Gasteiger partial charge in [-0.1, -0.05) is 12.1 Å². The van der Waals surface area contributed by atoms with Crippen molar-refractivity contribution in [2.75, 3.05) is 13.7 Å². The summed E-state index contributed by atoms with van der Waals surface area (Å²) in [6.07, 6.45) is 1.47. The molecule has 1 aromatic heterocycles. The molecule has 0 atom stereocenters. The first kappa shape index (κ1) is 14.0. The van der Waals surface area contributed by atoms with Crippen molar-refractivity contribution in [3.8, 4) is 5.75 Å². The Labute approximate surface area is 118 Å². The zero-order valence-corrected chi connectivity index (χ0v) is 11.9. The maximum atomic E-state index is 12.5. The van der Waals surface area contributed by atoms with Gasteiger partial charge in [0.15, 0.2) is 0 Å². The molecule has 0 aliphatic rings. The molecule has 0 aliphatic carbocycles. The first-order valence-corrected chi connectivity index (χ1v) is 6.43. The van der Waals surface area contributed by atoms with Crippen LogP contribution in [-0.4, -0.2) is 39.2 Å². The molecule has 0 fully saturated rings. The summed E-state index contributed by atoms with van der Waals surface area (Å²) in [6.45, 7) is 2.82. The predicted molar refractivity (Wildman–Crippen MR) is 74.4 cm³/mol. The van der Waals surface area contributed by atoms with Gasteiger partial charge in [-0.25, -0.2) is 4.98 Å². The molecule has 2 rings (SSSR count). The molecule has 0 N–H and O–H groups in total.